The lowest BCUT2D eigenvalue weighted by molar-refractivity contribution is 0.375. The van der Waals surface area contributed by atoms with E-state index >= 15 is 0 Å². The van der Waals surface area contributed by atoms with E-state index in [0.717, 1.165) is 18.7 Å². The van der Waals surface area contributed by atoms with Gasteiger partial charge in [0.2, 0.25) is 0 Å². The molecule has 1 aromatic rings. The highest BCUT2D eigenvalue weighted by Gasteiger charge is 2.21. The number of methoxy groups -OCH3 is 1. The molecule has 1 atom stereocenters. The molecule has 0 saturated carbocycles. The third kappa shape index (κ3) is 1.62. The quantitative estimate of drug-likeness (QED) is 0.791. The van der Waals surface area contributed by atoms with Gasteiger partial charge < -0.3 is 10.1 Å². The van der Waals surface area contributed by atoms with Gasteiger partial charge in [0.15, 0.2) is 0 Å². The van der Waals surface area contributed by atoms with Crippen molar-refractivity contribution in [2.24, 2.45) is 0 Å². The van der Waals surface area contributed by atoms with Crippen LogP contribution in [0.5, 0.6) is 5.75 Å². The van der Waals surface area contributed by atoms with Gasteiger partial charge in [-0.25, -0.2) is 0 Å². The molecule has 0 amide bonds. The van der Waals surface area contributed by atoms with Crippen LogP contribution in [0.3, 0.4) is 0 Å². The summed E-state index contributed by atoms with van der Waals surface area (Å²) in [6.07, 6.45) is 2.34. The van der Waals surface area contributed by atoms with Gasteiger partial charge >= 0.3 is 0 Å². The Kier molecular flexibility index (Phi) is 2.73. The summed E-state index contributed by atoms with van der Waals surface area (Å²) in [5.41, 5.74) is 2.85. The van der Waals surface area contributed by atoms with Crippen LogP contribution in [0.4, 0.5) is 0 Å². The molecule has 0 unspecified atom stereocenters. The Balaban J connectivity index is 2.31. The molecule has 0 radical (unpaired) electrons. The fourth-order valence-corrected chi connectivity index (χ4v) is 1.90. The molecule has 1 aliphatic rings. The third-order valence-corrected chi connectivity index (χ3v) is 2.93. The van der Waals surface area contributed by atoms with Crippen molar-refractivity contribution in [3.63, 3.8) is 0 Å². The zero-order valence-electron chi connectivity index (χ0n) is 8.84. The molecule has 0 bridgehead atoms. The molecule has 0 aromatic heterocycles. The Morgan fingerprint density at radius 3 is 2.79 bits per heavy atom. The molecular formula is C12H17NO. The molecule has 1 fully saturated rings. The van der Waals surface area contributed by atoms with Gasteiger partial charge in [-0.1, -0.05) is 13.0 Å². The van der Waals surface area contributed by atoms with E-state index in [-0.39, 0.29) is 0 Å². The third-order valence-electron chi connectivity index (χ3n) is 2.93. The first kappa shape index (κ1) is 9.53. The standard InChI is InChI=1S/C12H17NO/c1-3-9-4-5-10(14-2)8-11(9)12-6-7-13-12/h4-5,8,12-13H,3,6-7H2,1-2H3/t12-/m1/s1. The lowest BCUT2D eigenvalue weighted by atomic mass is 9.92. The number of ether oxygens (including phenoxy) is 1. The normalized spacial score (nSPS) is 20.3. The molecule has 14 heavy (non-hydrogen) atoms. The largest absolute Gasteiger partial charge is 0.497 e. The summed E-state index contributed by atoms with van der Waals surface area (Å²) in [4.78, 5) is 0. The van der Waals surface area contributed by atoms with E-state index in [9.17, 15) is 0 Å². The van der Waals surface area contributed by atoms with E-state index in [1.165, 1.54) is 17.5 Å². The fourth-order valence-electron chi connectivity index (χ4n) is 1.90. The van der Waals surface area contributed by atoms with E-state index in [1.807, 2.05) is 6.07 Å². The number of rotatable bonds is 3. The van der Waals surface area contributed by atoms with E-state index in [2.05, 4.69) is 24.4 Å². The molecule has 0 aliphatic carbocycles. The van der Waals surface area contributed by atoms with Gasteiger partial charge in [-0.05, 0) is 42.6 Å². The van der Waals surface area contributed by atoms with Crippen LogP contribution in [0.15, 0.2) is 18.2 Å². The second kappa shape index (κ2) is 4.01. The summed E-state index contributed by atoms with van der Waals surface area (Å²) >= 11 is 0. The van der Waals surface area contributed by atoms with Crippen molar-refractivity contribution in [1.82, 2.24) is 5.32 Å². The summed E-state index contributed by atoms with van der Waals surface area (Å²) < 4.78 is 5.25. The minimum atomic E-state index is 0.556. The van der Waals surface area contributed by atoms with Crippen molar-refractivity contribution in [2.75, 3.05) is 13.7 Å². The Bertz CT molecular complexity index is 318. The number of hydrogen-bond donors (Lipinski definition) is 1. The summed E-state index contributed by atoms with van der Waals surface area (Å²) in [7, 11) is 1.72. The zero-order valence-corrected chi connectivity index (χ0v) is 8.84. The highest BCUT2D eigenvalue weighted by atomic mass is 16.5. The molecule has 76 valence electrons. The van der Waals surface area contributed by atoms with Crippen LogP contribution < -0.4 is 10.1 Å². The number of nitrogens with one attached hydrogen (secondary N) is 1. The average Bonchev–Trinajstić information content (AvgIpc) is 2.15. The van der Waals surface area contributed by atoms with Crippen molar-refractivity contribution >= 4 is 0 Å². The second-order valence-electron chi connectivity index (χ2n) is 3.71. The van der Waals surface area contributed by atoms with Crippen molar-refractivity contribution in [1.29, 1.82) is 0 Å². The van der Waals surface area contributed by atoms with Crippen LogP contribution >= 0.6 is 0 Å². The van der Waals surface area contributed by atoms with E-state index in [4.69, 9.17) is 4.74 Å². The molecule has 1 aromatic carbocycles. The maximum absolute atomic E-state index is 5.25. The van der Waals surface area contributed by atoms with Crippen molar-refractivity contribution in [3.05, 3.63) is 29.3 Å². The van der Waals surface area contributed by atoms with Crippen LogP contribution in [0.1, 0.15) is 30.5 Å². The first-order valence-electron chi connectivity index (χ1n) is 5.25. The molecule has 1 N–H and O–H groups in total. The number of benzene rings is 1. The Morgan fingerprint density at radius 1 is 1.50 bits per heavy atom. The van der Waals surface area contributed by atoms with E-state index < -0.39 is 0 Å². The van der Waals surface area contributed by atoms with Crippen molar-refractivity contribution in [3.8, 4) is 5.75 Å². The lowest BCUT2D eigenvalue weighted by Gasteiger charge is -2.30. The Labute approximate surface area is 85.3 Å². The summed E-state index contributed by atoms with van der Waals surface area (Å²) in [6.45, 7) is 3.34. The van der Waals surface area contributed by atoms with Crippen LogP contribution in [0, 0.1) is 0 Å². The van der Waals surface area contributed by atoms with Crippen LogP contribution in [0.25, 0.3) is 0 Å². The fraction of sp³-hybridized carbons (Fsp3) is 0.500. The Hall–Kier alpha value is -1.02. The molecule has 1 saturated heterocycles. The summed E-state index contributed by atoms with van der Waals surface area (Å²) in [5.74, 6) is 0.964. The zero-order chi connectivity index (χ0) is 9.97. The molecule has 2 nitrogen and oxygen atoms in total. The van der Waals surface area contributed by atoms with Gasteiger partial charge in [-0.3, -0.25) is 0 Å². The predicted molar refractivity (Wildman–Crippen MR) is 57.7 cm³/mol. The average molecular weight is 191 g/mol. The van der Waals surface area contributed by atoms with E-state index in [1.54, 1.807) is 7.11 Å². The SMILES string of the molecule is CCc1ccc(OC)cc1[C@H]1CCN1. The molecule has 1 heterocycles. The molecule has 2 heteroatoms. The first-order chi connectivity index (χ1) is 6.85. The van der Waals surface area contributed by atoms with Gasteiger partial charge in [0, 0.05) is 6.04 Å². The maximum atomic E-state index is 5.25. The Morgan fingerprint density at radius 2 is 2.29 bits per heavy atom. The number of aryl methyl sites for hydroxylation is 1. The first-order valence-corrected chi connectivity index (χ1v) is 5.25. The second-order valence-corrected chi connectivity index (χ2v) is 3.71. The van der Waals surface area contributed by atoms with Crippen molar-refractivity contribution < 1.29 is 4.74 Å². The van der Waals surface area contributed by atoms with Gasteiger partial charge in [0.25, 0.3) is 0 Å². The van der Waals surface area contributed by atoms with Crippen LogP contribution in [-0.2, 0) is 6.42 Å². The maximum Gasteiger partial charge on any atom is 0.119 e. The molecule has 2 rings (SSSR count). The molecule has 0 spiro atoms. The predicted octanol–water partition coefficient (Wildman–Crippen LogP) is 2.29. The van der Waals surface area contributed by atoms with Gasteiger partial charge in [-0.2, -0.15) is 0 Å². The minimum absolute atomic E-state index is 0.556. The minimum Gasteiger partial charge on any atom is -0.497 e. The summed E-state index contributed by atoms with van der Waals surface area (Å²) in [5, 5.41) is 3.43. The molecular weight excluding hydrogens is 174 g/mol. The topological polar surface area (TPSA) is 21.3 Å². The van der Waals surface area contributed by atoms with E-state index in [0.29, 0.717) is 6.04 Å². The smallest absolute Gasteiger partial charge is 0.119 e. The van der Waals surface area contributed by atoms with Gasteiger partial charge in [0.1, 0.15) is 5.75 Å². The lowest BCUT2D eigenvalue weighted by Crippen LogP contribution is -2.35. The highest BCUT2D eigenvalue weighted by molar-refractivity contribution is 5.38. The highest BCUT2D eigenvalue weighted by Crippen LogP contribution is 2.29. The number of hydrogen-bond acceptors (Lipinski definition) is 2. The van der Waals surface area contributed by atoms with Gasteiger partial charge in [-0.15, -0.1) is 0 Å². The van der Waals surface area contributed by atoms with Crippen LogP contribution in [0.2, 0.25) is 0 Å². The molecule has 1 aliphatic heterocycles. The van der Waals surface area contributed by atoms with Crippen molar-refractivity contribution in [2.45, 2.75) is 25.8 Å². The van der Waals surface area contributed by atoms with Crippen LogP contribution in [-0.4, -0.2) is 13.7 Å². The van der Waals surface area contributed by atoms with Gasteiger partial charge in [0.05, 0.1) is 7.11 Å². The summed E-state index contributed by atoms with van der Waals surface area (Å²) in [6, 6.07) is 6.94. The monoisotopic (exact) mass is 191 g/mol.